The summed E-state index contributed by atoms with van der Waals surface area (Å²) in [5.41, 5.74) is 1.04. The van der Waals surface area contributed by atoms with Crippen LogP contribution in [0.3, 0.4) is 0 Å². The van der Waals surface area contributed by atoms with Crippen molar-refractivity contribution < 1.29 is 4.74 Å². The van der Waals surface area contributed by atoms with E-state index in [9.17, 15) is 0 Å². The molecule has 1 aliphatic rings. The predicted octanol–water partition coefficient (Wildman–Crippen LogP) is 2.92. The van der Waals surface area contributed by atoms with Crippen LogP contribution in [0.15, 0.2) is 17.8 Å². The lowest BCUT2D eigenvalue weighted by Crippen LogP contribution is -2.37. The number of alkyl halides is 1. The maximum Gasteiger partial charge on any atom is 0.150 e. The molecule has 0 radical (unpaired) electrons. The number of anilines is 1. The van der Waals surface area contributed by atoms with E-state index in [-0.39, 0.29) is 0 Å². The van der Waals surface area contributed by atoms with Gasteiger partial charge >= 0.3 is 0 Å². The zero-order chi connectivity index (χ0) is 13.1. The van der Waals surface area contributed by atoms with Crippen LogP contribution in [0.5, 0.6) is 0 Å². The molecule has 0 aliphatic carbocycles. The van der Waals surface area contributed by atoms with E-state index < -0.39 is 0 Å². The van der Waals surface area contributed by atoms with Crippen molar-refractivity contribution >= 4 is 39.0 Å². The molecule has 19 heavy (non-hydrogen) atoms. The van der Waals surface area contributed by atoms with E-state index in [1.807, 2.05) is 6.07 Å². The Morgan fingerprint density at radius 2 is 2.21 bits per heavy atom. The van der Waals surface area contributed by atoms with E-state index >= 15 is 0 Å². The van der Waals surface area contributed by atoms with Crippen LogP contribution >= 0.6 is 22.9 Å². The summed E-state index contributed by atoms with van der Waals surface area (Å²) < 4.78 is 6.88. The molecule has 0 saturated carbocycles. The third-order valence-electron chi connectivity index (χ3n) is 3.40. The van der Waals surface area contributed by atoms with Crippen molar-refractivity contribution in [2.24, 2.45) is 0 Å². The number of halogens is 1. The number of fused-ring (bicyclic) bond motifs is 1. The lowest BCUT2D eigenvalue weighted by atomic mass is 10.1. The molecule has 102 valence electrons. The van der Waals surface area contributed by atoms with Gasteiger partial charge in [-0.3, -0.25) is 0 Å². The minimum atomic E-state index is 0.343. The molecule has 0 N–H and O–H groups in total. The lowest BCUT2D eigenvalue weighted by Gasteiger charge is -2.32. The van der Waals surface area contributed by atoms with Crippen LogP contribution in [0.2, 0.25) is 0 Å². The number of aromatic nitrogens is 2. The molecule has 2 aromatic heterocycles. The van der Waals surface area contributed by atoms with Gasteiger partial charge in [0.1, 0.15) is 12.1 Å². The van der Waals surface area contributed by atoms with Crippen molar-refractivity contribution in [3.8, 4) is 0 Å². The molecule has 2 aromatic rings. The number of nitrogens with zero attached hydrogens (tertiary/aromatic N) is 3. The molecule has 3 rings (SSSR count). The van der Waals surface area contributed by atoms with Gasteiger partial charge in [-0.1, -0.05) is 0 Å². The summed E-state index contributed by atoms with van der Waals surface area (Å²) in [4.78, 5) is 11.1. The molecule has 6 heteroatoms. The summed E-state index contributed by atoms with van der Waals surface area (Å²) in [6, 6.07) is 2.04. The molecule has 1 saturated heterocycles. The molecule has 0 unspecified atom stereocenters. The topological polar surface area (TPSA) is 38.2 Å². The van der Waals surface area contributed by atoms with Crippen LogP contribution in [0.25, 0.3) is 10.2 Å². The first kappa shape index (κ1) is 13.1. The third kappa shape index (κ3) is 2.83. The second-order valence-electron chi connectivity index (χ2n) is 4.58. The SMILES string of the molecule is ClCCOC1CCN(c2ncnc3ccsc23)CC1. The molecule has 0 aromatic carbocycles. The Bertz CT molecular complexity index is 539. The van der Waals surface area contributed by atoms with Crippen LogP contribution < -0.4 is 4.90 Å². The Morgan fingerprint density at radius 1 is 1.37 bits per heavy atom. The van der Waals surface area contributed by atoms with Gasteiger partial charge in [-0.25, -0.2) is 9.97 Å². The number of rotatable bonds is 4. The number of thiophene rings is 1. The summed E-state index contributed by atoms with van der Waals surface area (Å²) >= 11 is 7.35. The average Bonchev–Trinajstić information content (AvgIpc) is 2.94. The van der Waals surface area contributed by atoms with Crippen molar-refractivity contribution in [2.45, 2.75) is 18.9 Å². The summed E-state index contributed by atoms with van der Waals surface area (Å²) in [6.07, 6.45) is 4.07. The van der Waals surface area contributed by atoms with Gasteiger partial charge in [0.2, 0.25) is 0 Å². The first-order valence-electron chi connectivity index (χ1n) is 6.49. The summed E-state index contributed by atoms with van der Waals surface area (Å²) in [6.45, 7) is 2.61. The van der Waals surface area contributed by atoms with Gasteiger partial charge in [-0.05, 0) is 24.3 Å². The Hall–Kier alpha value is -0.910. The van der Waals surface area contributed by atoms with Crippen LogP contribution in [0, 0.1) is 0 Å². The third-order valence-corrected chi connectivity index (χ3v) is 4.45. The second kappa shape index (κ2) is 6.03. The van der Waals surface area contributed by atoms with Gasteiger partial charge in [-0.2, -0.15) is 0 Å². The number of hydrogen-bond donors (Lipinski definition) is 0. The van der Waals surface area contributed by atoms with Crippen molar-refractivity contribution in [2.75, 3.05) is 30.5 Å². The molecule has 0 amide bonds. The van der Waals surface area contributed by atoms with Gasteiger partial charge in [0.15, 0.2) is 0 Å². The zero-order valence-corrected chi connectivity index (χ0v) is 12.2. The highest BCUT2D eigenvalue weighted by molar-refractivity contribution is 7.17. The molecule has 1 fully saturated rings. The minimum absolute atomic E-state index is 0.343. The fourth-order valence-corrected chi connectivity index (χ4v) is 3.40. The average molecular weight is 298 g/mol. The van der Waals surface area contributed by atoms with Crippen molar-refractivity contribution in [1.82, 2.24) is 9.97 Å². The van der Waals surface area contributed by atoms with Gasteiger partial charge < -0.3 is 9.64 Å². The van der Waals surface area contributed by atoms with E-state index in [2.05, 4.69) is 20.2 Å². The van der Waals surface area contributed by atoms with E-state index in [0.29, 0.717) is 18.6 Å². The standard InChI is InChI=1S/C13H16ClN3OS/c14-4-7-18-10-1-5-17(6-2-10)13-12-11(3-8-19-12)15-9-16-13/h3,8-10H,1-2,4-7H2. The summed E-state index contributed by atoms with van der Waals surface area (Å²) in [5, 5.41) is 2.07. The van der Waals surface area contributed by atoms with E-state index in [1.54, 1.807) is 17.7 Å². The van der Waals surface area contributed by atoms with Gasteiger partial charge in [0.05, 0.1) is 22.9 Å². The van der Waals surface area contributed by atoms with Gasteiger partial charge in [-0.15, -0.1) is 22.9 Å². The smallest absolute Gasteiger partial charge is 0.150 e. The van der Waals surface area contributed by atoms with Crippen molar-refractivity contribution in [3.05, 3.63) is 17.8 Å². The van der Waals surface area contributed by atoms with Gasteiger partial charge in [0.25, 0.3) is 0 Å². The summed E-state index contributed by atoms with van der Waals surface area (Å²) in [7, 11) is 0. The molecular formula is C13H16ClN3OS. The first-order valence-corrected chi connectivity index (χ1v) is 7.90. The summed E-state index contributed by atoms with van der Waals surface area (Å²) in [5.74, 6) is 1.64. The molecule has 1 aliphatic heterocycles. The monoisotopic (exact) mass is 297 g/mol. The highest BCUT2D eigenvalue weighted by atomic mass is 35.5. The fourth-order valence-electron chi connectivity index (χ4n) is 2.45. The molecule has 0 atom stereocenters. The highest BCUT2D eigenvalue weighted by Gasteiger charge is 2.22. The minimum Gasteiger partial charge on any atom is -0.377 e. The second-order valence-corrected chi connectivity index (χ2v) is 5.87. The quantitative estimate of drug-likeness (QED) is 0.813. The van der Waals surface area contributed by atoms with E-state index in [1.165, 1.54) is 4.70 Å². The highest BCUT2D eigenvalue weighted by Crippen LogP contribution is 2.29. The number of ether oxygens (including phenoxy) is 1. The van der Waals surface area contributed by atoms with Crippen LogP contribution in [-0.2, 0) is 4.74 Å². The Morgan fingerprint density at radius 3 is 3.00 bits per heavy atom. The lowest BCUT2D eigenvalue weighted by molar-refractivity contribution is 0.0471. The Labute approximate surface area is 121 Å². The molecular weight excluding hydrogens is 282 g/mol. The largest absolute Gasteiger partial charge is 0.377 e. The van der Waals surface area contributed by atoms with Crippen molar-refractivity contribution in [1.29, 1.82) is 0 Å². The molecule has 0 bridgehead atoms. The Balaban J connectivity index is 1.69. The zero-order valence-electron chi connectivity index (χ0n) is 10.6. The fraction of sp³-hybridized carbons (Fsp3) is 0.538. The van der Waals surface area contributed by atoms with Crippen LogP contribution in [0.4, 0.5) is 5.82 Å². The Kier molecular flexibility index (Phi) is 4.15. The predicted molar refractivity (Wildman–Crippen MR) is 79.3 cm³/mol. The molecule has 4 nitrogen and oxygen atoms in total. The molecule has 3 heterocycles. The van der Waals surface area contributed by atoms with Crippen LogP contribution in [0.1, 0.15) is 12.8 Å². The number of piperidine rings is 1. The van der Waals surface area contributed by atoms with E-state index in [0.717, 1.165) is 37.3 Å². The maximum absolute atomic E-state index is 5.70. The number of hydrogen-bond acceptors (Lipinski definition) is 5. The molecule has 0 spiro atoms. The first-order chi connectivity index (χ1) is 9.38. The van der Waals surface area contributed by atoms with Gasteiger partial charge in [0, 0.05) is 19.0 Å². The van der Waals surface area contributed by atoms with Crippen LogP contribution in [-0.4, -0.2) is 41.6 Å². The van der Waals surface area contributed by atoms with Crippen molar-refractivity contribution in [3.63, 3.8) is 0 Å². The maximum atomic E-state index is 5.70. The van der Waals surface area contributed by atoms with E-state index in [4.69, 9.17) is 16.3 Å². The normalized spacial score (nSPS) is 17.2.